The SMILES string of the molecule is CC(C)n1ncc2c(C(=O)N3CCCC(C4OCCO4)C3)cc(-c3cccs3)nc21. The predicted octanol–water partition coefficient (Wildman–Crippen LogP) is 3.97. The summed E-state index contributed by atoms with van der Waals surface area (Å²) in [5, 5.41) is 7.37. The summed E-state index contributed by atoms with van der Waals surface area (Å²) in [6.45, 7) is 6.82. The lowest BCUT2D eigenvalue weighted by molar-refractivity contribution is -0.0969. The van der Waals surface area contributed by atoms with Crippen molar-refractivity contribution in [2.75, 3.05) is 26.3 Å². The van der Waals surface area contributed by atoms with E-state index in [1.54, 1.807) is 17.5 Å². The molecule has 158 valence electrons. The average Bonchev–Trinajstić information content (AvgIpc) is 3.53. The molecule has 2 fully saturated rings. The maximum atomic E-state index is 13.7. The molecule has 0 aromatic carbocycles. The minimum atomic E-state index is -0.191. The number of carbonyl (C=O) groups excluding carboxylic acids is 1. The monoisotopic (exact) mass is 426 g/mol. The molecule has 1 unspecified atom stereocenters. The van der Waals surface area contributed by atoms with E-state index in [-0.39, 0.29) is 24.2 Å². The van der Waals surface area contributed by atoms with Crippen LogP contribution in [-0.4, -0.2) is 58.2 Å². The second-order valence-corrected chi connectivity index (χ2v) is 9.16. The van der Waals surface area contributed by atoms with Crippen molar-refractivity contribution in [1.82, 2.24) is 19.7 Å². The summed E-state index contributed by atoms with van der Waals surface area (Å²) in [5.74, 6) is 0.254. The van der Waals surface area contributed by atoms with Crippen LogP contribution in [0.25, 0.3) is 21.6 Å². The van der Waals surface area contributed by atoms with Crippen molar-refractivity contribution in [3.05, 3.63) is 35.3 Å². The minimum absolute atomic E-state index is 0.0335. The Hall–Kier alpha value is -2.29. The van der Waals surface area contributed by atoms with Gasteiger partial charge in [-0.3, -0.25) is 4.79 Å². The number of piperidine rings is 1. The first-order valence-corrected chi connectivity index (χ1v) is 11.4. The van der Waals surface area contributed by atoms with E-state index in [0.717, 1.165) is 41.0 Å². The predicted molar refractivity (Wildman–Crippen MR) is 116 cm³/mol. The number of thiophene rings is 1. The molecule has 0 aliphatic carbocycles. The quantitative estimate of drug-likeness (QED) is 0.631. The topological polar surface area (TPSA) is 69.5 Å². The zero-order chi connectivity index (χ0) is 20.7. The number of rotatable bonds is 4. The summed E-state index contributed by atoms with van der Waals surface area (Å²) in [7, 11) is 0. The van der Waals surface area contributed by atoms with Gasteiger partial charge >= 0.3 is 0 Å². The molecule has 0 bridgehead atoms. The number of fused-ring (bicyclic) bond motifs is 1. The third kappa shape index (κ3) is 3.53. The van der Waals surface area contributed by atoms with Gasteiger partial charge in [-0.1, -0.05) is 6.07 Å². The Morgan fingerprint density at radius 1 is 1.30 bits per heavy atom. The van der Waals surface area contributed by atoms with Crippen LogP contribution in [0.15, 0.2) is 29.8 Å². The van der Waals surface area contributed by atoms with Gasteiger partial charge in [-0.25, -0.2) is 9.67 Å². The molecule has 3 aromatic heterocycles. The zero-order valence-corrected chi connectivity index (χ0v) is 18.1. The number of hydrogen-bond donors (Lipinski definition) is 0. The first-order valence-electron chi connectivity index (χ1n) is 10.6. The van der Waals surface area contributed by atoms with Gasteiger partial charge in [0, 0.05) is 25.0 Å². The van der Waals surface area contributed by atoms with Crippen LogP contribution < -0.4 is 0 Å². The average molecular weight is 427 g/mol. The van der Waals surface area contributed by atoms with Gasteiger partial charge in [0.2, 0.25) is 0 Å². The van der Waals surface area contributed by atoms with Crippen LogP contribution in [0, 0.1) is 5.92 Å². The fourth-order valence-corrected chi connectivity index (χ4v) is 5.05. The van der Waals surface area contributed by atoms with Crippen molar-refractivity contribution < 1.29 is 14.3 Å². The van der Waals surface area contributed by atoms with Gasteiger partial charge in [-0.05, 0) is 44.2 Å². The summed E-state index contributed by atoms with van der Waals surface area (Å²) < 4.78 is 13.3. The lowest BCUT2D eigenvalue weighted by Gasteiger charge is -2.34. The minimum Gasteiger partial charge on any atom is -0.350 e. The molecule has 3 aromatic rings. The highest BCUT2D eigenvalue weighted by molar-refractivity contribution is 7.13. The van der Waals surface area contributed by atoms with Crippen LogP contribution in [0.4, 0.5) is 0 Å². The molecular weight excluding hydrogens is 400 g/mol. The number of aromatic nitrogens is 3. The first-order chi connectivity index (χ1) is 14.6. The Kier molecular flexibility index (Phi) is 5.30. The molecule has 2 aliphatic rings. The number of ether oxygens (including phenoxy) is 2. The van der Waals surface area contributed by atoms with Gasteiger partial charge in [-0.2, -0.15) is 5.10 Å². The van der Waals surface area contributed by atoms with E-state index in [1.807, 2.05) is 33.2 Å². The van der Waals surface area contributed by atoms with E-state index in [4.69, 9.17) is 14.5 Å². The molecule has 8 heteroatoms. The fraction of sp³-hybridized carbons (Fsp3) is 0.500. The highest BCUT2D eigenvalue weighted by Crippen LogP contribution is 2.31. The molecule has 0 N–H and O–H groups in total. The number of hydrogen-bond acceptors (Lipinski definition) is 6. The second kappa shape index (κ2) is 8.09. The van der Waals surface area contributed by atoms with Crippen molar-refractivity contribution in [2.24, 2.45) is 5.92 Å². The molecule has 1 amide bonds. The Morgan fingerprint density at radius 3 is 2.87 bits per heavy atom. The molecule has 5 rings (SSSR count). The van der Waals surface area contributed by atoms with E-state index in [9.17, 15) is 4.79 Å². The molecule has 0 radical (unpaired) electrons. The van der Waals surface area contributed by atoms with E-state index >= 15 is 0 Å². The molecule has 1 atom stereocenters. The van der Waals surface area contributed by atoms with E-state index < -0.39 is 0 Å². The van der Waals surface area contributed by atoms with Gasteiger partial charge in [0.15, 0.2) is 11.9 Å². The smallest absolute Gasteiger partial charge is 0.254 e. The lowest BCUT2D eigenvalue weighted by atomic mass is 9.96. The van der Waals surface area contributed by atoms with Gasteiger partial charge in [-0.15, -0.1) is 11.3 Å². The zero-order valence-electron chi connectivity index (χ0n) is 17.3. The largest absolute Gasteiger partial charge is 0.350 e. The van der Waals surface area contributed by atoms with Gasteiger partial charge in [0.05, 0.1) is 40.9 Å². The van der Waals surface area contributed by atoms with Gasteiger partial charge < -0.3 is 14.4 Å². The molecule has 30 heavy (non-hydrogen) atoms. The van der Waals surface area contributed by atoms with Crippen LogP contribution in [0.1, 0.15) is 43.1 Å². The van der Waals surface area contributed by atoms with E-state index in [1.165, 1.54) is 0 Å². The molecular formula is C22H26N4O3S. The molecule has 0 saturated carbocycles. The van der Waals surface area contributed by atoms with Crippen LogP contribution in [0.3, 0.4) is 0 Å². The molecule has 0 spiro atoms. The highest BCUT2D eigenvalue weighted by atomic mass is 32.1. The van der Waals surface area contributed by atoms with E-state index in [2.05, 4.69) is 18.9 Å². The summed E-state index contributed by atoms with van der Waals surface area (Å²) in [5.41, 5.74) is 2.25. The standard InChI is InChI=1S/C22H26N4O3S/c1-14(2)26-20-17(12-23-26)16(11-18(24-20)19-6-4-10-30-19)21(27)25-7-3-5-15(13-25)22-28-8-9-29-22/h4,6,10-12,14-15,22H,3,5,7-9,13H2,1-2H3. The van der Waals surface area contributed by atoms with Crippen LogP contribution in [0.5, 0.6) is 0 Å². The fourth-order valence-electron chi connectivity index (χ4n) is 4.36. The molecule has 2 aliphatic heterocycles. The summed E-state index contributed by atoms with van der Waals surface area (Å²) in [6, 6.07) is 6.13. The maximum absolute atomic E-state index is 13.7. The third-order valence-corrected chi connectivity index (χ3v) is 6.73. The van der Waals surface area contributed by atoms with Crippen molar-refractivity contribution >= 4 is 28.3 Å². The van der Waals surface area contributed by atoms with Gasteiger partial charge in [0.1, 0.15) is 0 Å². The normalized spacial score (nSPS) is 20.5. The molecule has 2 saturated heterocycles. The Labute approximate surface area is 179 Å². The Bertz CT molecular complexity index is 1040. The summed E-state index contributed by atoms with van der Waals surface area (Å²) in [4.78, 5) is 21.5. The second-order valence-electron chi connectivity index (χ2n) is 8.22. The van der Waals surface area contributed by atoms with Crippen LogP contribution in [-0.2, 0) is 9.47 Å². The number of carbonyl (C=O) groups is 1. The van der Waals surface area contributed by atoms with Crippen molar-refractivity contribution in [3.8, 4) is 10.6 Å². The highest BCUT2D eigenvalue weighted by Gasteiger charge is 2.34. The summed E-state index contributed by atoms with van der Waals surface area (Å²) in [6.07, 6.45) is 3.56. The van der Waals surface area contributed by atoms with Gasteiger partial charge in [0.25, 0.3) is 5.91 Å². The Morgan fingerprint density at radius 2 is 2.13 bits per heavy atom. The maximum Gasteiger partial charge on any atom is 0.254 e. The molecule has 7 nitrogen and oxygen atoms in total. The van der Waals surface area contributed by atoms with E-state index in [0.29, 0.717) is 25.3 Å². The van der Waals surface area contributed by atoms with Crippen molar-refractivity contribution in [1.29, 1.82) is 0 Å². The Balaban J connectivity index is 1.53. The first kappa shape index (κ1) is 19.7. The lowest BCUT2D eigenvalue weighted by Crippen LogP contribution is -2.43. The van der Waals surface area contributed by atoms with Crippen molar-refractivity contribution in [2.45, 2.75) is 39.0 Å². The number of pyridine rings is 1. The van der Waals surface area contributed by atoms with Crippen LogP contribution in [0.2, 0.25) is 0 Å². The van der Waals surface area contributed by atoms with Crippen molar-refractivity contribution in [3.63, 3.8) is 0 Å². The number of amides is 1. The third-order valence-electron chi connectivity index (χ3n) is 5.84. The van der Waals surface area contributed by atoms with Crippen LogP contribution >= 0.6 is 11.3 Å². The number of likely N-dealkylation sites (tertiary alicyclic amines) is 1. The molecule has 5 heterocycles. The summed E-state index contributed by atoms with van der Waals surface area (Å²) >= 11 is 1.62. The number of nitrogens with zero attached hydrogens (tertiary/aromatic N) is 4.